The van der Waals surface area contributed by atoms with Crippen LogP contribution in [0.15, 0.2) is 12.1 Å². The third kappa shape index (κ3) is 3.69. The summed E-state index contributed by atoms with van der Waals surface area (Å²) < 4.78 is 28.6. The van der Waals surface area contributed by atoms with E-state index >= 15 is 0 Å². The van der Waals surface area contributed by atoms with Crippen LogP contribution < -0.4 is 14.9 Å². The lowest BCUT2D eigenvalue weighted by Gasteiger charge is -2.32. The average molecular weight is 403 g/mol. The molecule has 1 aromatic carbocycles. The molecular weight excluding hydrogens is 377 g/mol. The first-order valence-electron chi connectivity index (χ1n) is 9.35. The number of rotatable bonds is 6. The molecule has 9 nitrogen and oxygen atoms in total. The van der Waals surface area contributed by atoms with Crippen LogP contribution in [0.5, 0.6) is 11.5 Å². The van der Waals surface area contributed by atoms with Crippen LogP contribution >= 0.6 is 0 Å². The molecule has 0 aliphatic carbocycles. The summed E-state index contributed by atoms with van der Waals surface area (Å²) in [6.07, 6.45) is 0. The summed E-state index contributed by atoms with van der Waals surface area (Å²) in [6, 6.07) is 3.48. The Morgan fingerprint density at radius 2 is 1.76 bits per heavy atom. The number of methoxy groups -OCH3 is 2. The maximum Gasteiger partial charge on any atom is 0.495 e. The minimum Gasteiger partial charge on any atom is -0.497 e. The van der Waals surface area contributed by atoms with E-state index in [1.165, 1.54) is 7.11 Å². The van der Waals surface area contributed by atoms with Crippen molar-refractivity contribution in [3.63, 3.8) is 0 Å². The number of H-pyrrole nitrogens is 1. The third-order valence-electron chi connectivity index (χ3n) is 5.32. The Balaban J connectivity index is 2.20. The minimum absolute atomic E-state index is 0.0492. The van der Waals surface area contributed by atoms with Gasteiger partial charge in [-0.25, -0.2) is 4.79 Å². The van der Waals surface area contributed by atoms with Gasteiger partial charge < -0.3 is 23.5 Å². The van der Waals surface area contributed by atoms with Gasteiger partial charge in [-0.3, -0.25) is 0 Å². The molecule has 1 aromatic heterocycles. The molecule has 1 saturated heterocycles. The minimum atomic E-state index is -0.731. The van der Waals surface area contributed by atoms with Crippen molar-refractivity contribution in [3.05, 3.63) is 17.8 Å². The molecule has 0 saturated carbocycles. The molecule has 2 heterocycles. The van der Waals surface area contributed by atoms with Gasteiger partial charge in [-0.05, 0) is 46.1 Å². The number of aromatic amines is 1. The van der Waals surface area contributed by atoms with Crippen molar-refractivity contribution in [2.45, 2.75) is 45.8 Å². The van der Waals surface area contributed by atoms with Crippen molar-refractivity contribution < 1.29 is 28.3 Å². The van der Waals surface area contributed by atoms with E-state index in [4.69, 9.17) is 23.5 Å². The second-order valence-electron chi connectivity index (χ2n) is 7.62. The number of benzene rings is 1. The SMILES string of the molecule is CCOC(=O)c1n[nH]nc1-c1c(OC)cc(OC)cc1B1OC(C)(C)C(C)(C)O1. The molecule has 1 N–H and O–H groups in total. The first kappa shape index (κ1) is 21.1. The molecule has 0 bridgehead atoms. The summed E-state index contributed by atoms with van der Waals surface area (Å²) in [5.74, 6) is 0.402. The fraction of sp³-hybridized carbons (Fsp3) is 0.526. The van der Waals surface area contributed by atoms with Crippen molar-refractivity contribution in [3.8, 4) is 22.8 Å². The Labute approximate surface area is 170 Å². The third-order valence-corrected chi connectivity index (χ3v) is 5.32. The monoisotopic (exact) mass is 403 g/mol. The molecule has 0 spiro atoms. The van der Waals surface area contributed by atoms with E-state index in [2.05, 4.69) is 15.4 Å². The smallest absolute Gasteiger partial charge is 0.495 e. The van der Waals surface area contributed by atoms with Gasteiger partial charge in [0, 0.05) is 11.6 Å². The number of aromatic nitrogens is 3. The van der Waals surface area contributed by atoms with E-state index in [1.54, 1.807) is 26.2 Å². The van der Waals surface area contributed by atoms with Gasteiger partial charge in [-0.2, -0.15) is 10.3 Å². The molecule has 0 amide bonds. The van der Waals surface area contributed by atoms with Gasteiger partial charge in [0.1, 0.15) is 17.2 Å². The molecule has 1 aliphatic rings. The van der Waals surface area contributed by atoms with Crippen LogP contribution in [-0.2, 0) is 14.0 Å². The zero-order valence-electron chi connectivity index (χ0n) is 17.8. The van der Waals surface area contributed by atoms with Gasteiger partial charge in [0.25, 0.3) is 0 Å². The maximum absolute atomic E-state index is 12.4. The lowest BCUT2D eigenvalue weighted by molar-refractivity contribution is 0.00578. The fourth-order valence-electron chi connectivity index (χ4n) is 3.05. The fourth-order valence-corrected chi connectivity index (χ4v) is 3.05. The van der Waals surface area contributed by atoms with Crippen LogP contribution in [0, 0.1) is 0 Å². The van der Waals surface area contributed by atoms with Gasteiger partial charge in [-0.1, -0.05) is 0 Å². The summed E-state index contributed by atoms with van der Waals surface area (Å²) in [5, 5.41) is 10.7. The van der Waals surface area contributed by atoms with E-state index < -0.39 is 24.3 Å². The Morgan fingerprint density at radius 3 is 2.31 bits per heavy atom. The molecule has 156 valence electrons. The molecule has 1 aliphatic heterocycles. The highest BCUT2D eigenvalue weighted by molar-refractivity contribution is 6.64. The number of hydrogen-bond donors (Lipinski definition) is 1. The molecule has 3 rings (SSSR count). The zero-order chi connectivity index (χ0) is 21.4. The van der Waals surface area contributed by atoms with Crippen LogP contribution in [0.1, 0.15) is 45.1 Å². The van der Waals surface area contributed by atoms with E-state index in [9.17, 15) is 4.79 Å². The van der Waals surface area contributed by atoms with E-state index in [1.807, 2.05) is 27.7 Å². The predicted octanol–water partition coefficient (Wildman–Crippen LogP) is 1.96. The van der Waals surface area contributed by atoms with Gasteiger partial charge in [0.2, 0.25) is 0 Å². The van der Waals surface area contributed by atoms with Crippen molar-refractivity contribution in [2.24, 2.45) is 0 Å². The Hall–Kier alpha value is -2.59. The largest absolute Gasteiger partial charge is 0.497 e. The highest BCUT2D eigenvalue weighted by Gasteiger charge is 2.53. The molecule has 29 heavy (non-hydrogen) atoms. The van der Waals surface area contributed by atoms with Crippen LogP contribution in [0.25, 0.3) is 11.3 Å². The van der Waals surface area contributed by atoms with Gasteiger partial charge in [0.15, 0.2) is 5.69 Å². The van der Waals surface area contributed by atoms with Gasteiger partial charge in [-0.15, -0.1) is 5.10 Å². The van der Waals surface area contributed by atoms with Crippen molar-refractivity contribution in [1.82, 2.24) is 15.4 Å². The van der Waals surface area contributed by atoms with Crippen LogP contribution in [-0.4, -0.2) is 60.5 Å². The van der Waals surface area contributed by atoms with Crippen LogP contribution in [0.3, 0.4) is 0 Å². The van der Waals surface area contributed by atoms with Crippen molar-refractivity contribution >= 4 is 18.6 Å². The highest BCUT2D eigenvalue weighted by Crippen LogP contribution is 2.39. The number of hydrogen-bond acceptors (Lipinski definition) is 8. The van der Waals surface area contributed by atoms with Crippen LogP contribution in [0.4, 0.5) is 0 Å². The Kier molecular flexibility index (Phi) is 5.60. The normalized spacial score (nSPS) is 17.3. The summed E-state index contributed by atoms with van der Waals surface area (Å²) in [5.41, 5.74) is 0.349. The highest BCUT2D eigenvalue weighted by atomic mass is 16.7. The standard InChI is InChI=1S/C19H26BN3O6/c1-8-27-17(24)16-15(21-23-22-16)14-12(9-11(25-6)10-13(14)26-7)20-28-18(2,3)19(4,5)29-20/h9-10H,8H2,1-7H3,(H,21,22,23). The molecule has 1 fully saturated rings. The predicted molar refractivity (Wildman–Crippen MR) is 107 cm³/mol. The summed E-state index contributed by atoms with van der Waals surface area (Å²) in [7, 11) is 2.35. The first-order valence-corrected chi connectivity index (χ1v) is 9.35. The number of carbonyl (C=O) groups is 1. The van der Waals surface area contributed by atoms with E-state index in [0.29, 0.717) is 22.5 Å². The molecular formula is C19H26BN3O6. The zero-order valence-corrected chi connectivity index (χ0v) is 17.8. The van der Waals surface area contributed by atoms with Crippen LogP contribution in [0.2, 0.25) is 0 Å². The van der Waals surface area contributed by atoms with E-state index in [0.717, 1.165) is 0 Å². The number of esters is 1. The number of nitrogens with one attached hydrogen (secondary N) is 1. The number of carbonyl (C=O) groups excluding carboxylic acids is 1. The lowest BCUT2D eigenvalue weighted by atomic mass is 9.74. The molecule has 10 heteroatoms. The topological polar surface area (TPSA) is 105 Å². The Bertz CT molecular complexity index is 895. The molecule has 2 aromatic rings. The second kappa shape index (κ2) is 7.68. The summed E-state index contributed by atoms with van der Waals surface area (Å²) >= 11 is 0. The molecule has 0 atom stereocenters. The molecule has 0 unspecified atom stereocenters. The number of nitrogens with zero attached hydrogens (tertiary/aromatic N) is 2. The Morgan fingerprint density at radius 1 is 1.10 bits per heavy atom. The quantitative estimate of drug-likeness (QED) is 0.577. The summed E-state index contributed by atoms with van der Waals surface area (Å²) in [4.78, 5) is 12.4. The summed E-state index contributed by atoms with van der Waals surface area (Å²) in [6.45, 7) is 9.79. The van der Waals surface area contributed by atoms with Crippen molar-refractivity contribution in [2.75, 3.05) is 20.8 Å². The average Bonchev–Trinajstić information content (AvgIpc) is 3.23. The second-order valence-corrected chi connectivity index (χ2v) is 7.62. The number of ether oxygens (including phenoxy) is 3. The van der Waals surface area contributed by atoms with E-state index in [-0.39, 0.29) is 18.0 Å². The molecule has 0 radical (unpaired) electrons. The lowest BCUT2D eigenvalue weighted by Crippen LogP contribution is -2.41. The van der Waals surface area contributed by atoms with Gasteiger partial charge >= 0.3 is 13.1 Å². The maximum atomic E-state index is 12.4. The van der Waals surface area contributed by atoms with Gasteiger partial charge in [0.05, 0.1) is 32.0 Å². The van der Waals surface area contributed by atoms with Crippen molar-refractivity contribution in [1.29, 1.82) is 0 Å². The first-order chi connectivity index (χ1) is 13.6.